The quantitative estimate of drug-likeness (QED) is 0.407. The van der Waals surface area contributed by atoms with Crippen molar-refractivity contribution in [2.45, 2.75) is 4.90 Å². The fourth-order valence-electron chi connectivity index (χ4n) is 2.91. The van der Waals surface area contributed by atoms with E-state index in [-0.39, 0.29) is 10.5 Å². The average molecular weight is 488 g/mol. The zero-order valence-corrected chi connectivity index (χ0v) is 18.0. The Labute approximate surface area is 181 Å². The number of sulfonamides is 1. The Morgan fingerprint density at radius 1 is 1.10 bits per heavy atom. The molecule has 8 nitrogen and oxygen atoms in total. The van der Waals surface area contributed by atoms with Gasteiger partial charge in [-0.15, -0.1) is 0 Å². The van der Waals surface area contributed by atoms with Gasteiger partial charge in [-0.2, -0.15) is 0 Å². The number of benzene rings is 2. The fourth-order valence-corrected chi connectivity index (χ4v) is 3.69. The van der Waals surface area contributed by atoms with Crippen molar-refractivity contribution in [1.29, 1.82) is 0 Å². The number of H-pyrrole nitrogens is 1. The van der Waals surface area contributed by atoms with E-state index in [4.69, 9.17) is 5.14 Å². The third kappa shape index (κ3) is 4.35. The number of fused-ring (bicyclic) bond motifs is 1. The predicted octanol–water partition coefficient (Wildman–Crippen LogP) is 2.88. The number of primary sulfonamides is 1. The molecule has 0 amide bonds. The second kappa shape index (κ2) is 8.66. The van der Waals surface area contributed by atoms with E-state index in [0.29, 0.717) is 16.7 Å². The molecule has 10 heteroatoms. The Kier molecular flexibility index (Phi) is 6.20. The van der Waals surface area contributed by atoms with Crippen molar-refractivity contribution < 1.29 is 8.42 Å². The molecule has 0 unspecified atom stereocenters. The number of aromatic nitrogens is 3. The van der Waals surface area contributed by atoms with E-state index in [9.17, 15) is 13.2 Å². The molecular weight excluding hydrogens is 470 g/mol. The van der Waals surface area contributed by atoms with E-state index in [0.717, 1.165) is 15.6 Å². The molecule has 4 aromatic rings. The fraction of sp³-hybridized carbons (Fsp3) is 0. The number of nitrogens with two attached hydrogens (primary N) is 2. The molecule has 0 spiro atoms. The van der Waals surface area contributed by atoms with Gasteiger partial charge in [-0.1, -0.05) is 34.6 Å². The summed E-state index contributed by atoms with van der Waals surface area (Å²) in [5, 5.41) is 5.61. The monoisotopic (exact) mass is 487 g/mol. The predicted molar refractivity (Wildman–Crippen MR) is 121 cm³/mol. The van der Waals surface area contributed by atoms with Crippen LogP contribution in [-0.4, -0.2) is 23.0 Å². The van der Waals surface area contributed by atoms with Crippen molar-refractivity contribution in [2.75, 3.05) is 0 Å². The molecule has 0 bridgehead atoms. The minimum Gasteiger partial charge on any atom is -0.405 e. The van der Waals surface area contributed by atoms with Gasteiger partial charge in [-0.25, -0.2) is 18.5 Å². The summed E-state index contributed by atoms with van der Waals surface area (Å²) in [6, 6.07) is 13.7. The first kappa shape index (κ1) is 21.5. The Hall–Kier alpha value is -3.21. The van der Waals surface area contributed by atoms with Gasteiger partial charge in [0.1, 0.15) is 0 Å². The van der Waals surface area contributed by atoms with E-state index < -0.39 is 10.0 Å². The highest BCUT2D eigenvalue weighted by molar-refractivity contribution is 9.10. The summed E-state index contributed by atoms with van der Waals surface area (Å²) in [5.41, 5.74) is 7.08. The lowest BCUT2D eigenvalue weighted by Crippen LogP contribution is -2.12. The lowest BCUT2D eigenvalue weighted by molar-refractivity contribution is 0.598. The molecular formula is C20H18BrN5O3S. The first-order chi connectivity index (χ1) is 14.3. The van der Waals surface area contributed by atoms with Crippen molar-refractivity contribution in [1.82, 2.24) is 14.5 Å². The molecule has 0 aliphatic rings. The van der Waals surface area contributed by atoms with Gasteiger partial charge in [0.2, 0.25) is 10.0 Å². The van der Waals surface area contributed by atoms with E-state index >= 15 is 0 Å². The van der Waals surface area contributed by atoms with Crippen LogP contribution in [0.3, 0.4) is 0 Å². The highest BCUT2D eigenvalue weighted by Crippen LogP contribution is 2.30. The summed E-state index contributed by atoms with van der Waals surface area (Å²) in [6.45, 7) is 3.14. The van der Waals surface area contributed by atoms with Crippen LogP contribution in [0.2, 0.25) is 0 Å². The first-order valence-corrected chi connectivity index (χ1v) is 10.9. The van der Waals surface area contributed by atoms with Crippen LogP contribution in [0.1, 0.15) is 0 Å². The van der Waals surface area contributed by atoms with Gasteiger partial charge in [0.05, 0.1) is 16.6 Å². The van der Waals surface area contributed by atoms with E-state index in [1.807, 2.05) is 30.5 Å². The summed E-state index contributed by atoms with van der Waals surface area (Å²) < 4.78 is 25.6. The van der Waals surface area contributed by atoms with Crippen molar-refractivity contribution in [2.24, 2.45) is 10.9 Å². The summed E-state index contributed by atoms with van der Waals surface area (Å²) in [6.07, 6.45) is 4.40. The Morgan fingerprint density at radius 2 is 1.70 bits per heavy atom. The minimum absolute atomic E-state index is 0.0154. The SMILES string of the molecule is C=CN.NS(=O)(=O)c1ccc(-n2cc(-c3ccc(Br)cc3)c3c(=O)[nH]cnc32)cc1. The lowest BCUT2D eigenvalue weighted by Gasteiger charge is -2.05. The van der Waals surface area contributed by atoms with Gasteiger partial charge >= 0.3 is 0 Å². The molecule has 4 rings (SSSR count). The van der Waals surface area contributed by atoms with Crippen LogP contribution in [0, 0.1) is 0 Å². The largest absolute Gasteiger partial charge is 0.405 e. The second-order valence-corrected chi connectivity index (χ2v) is 8.60. The number of halogens is 1. The summed E-state index contributed by atoms with van der Waals surface area (Å²) >= 11 is 3.40. The maximum atomic E-state index is 12.5. The third-order valence-corrected chi connectivity index (χ3v) is 5.65. The maximum Gasteiger partial charge on any atom is 0.260 e. The number of aromatic amines is 1. The molecule has 2 aromatic heterocycles. The van der Waals surface area contributed by atoms with Crippen LogP contribution < -0.4 is 16.4 Å². The molecule has 0 saturated carbocycles. The molecule has 154 valence electrons. The van der Waals surface area contributed by atoms with Gasteiger partial charge < -0.3 is 15.3 Å². The molecule has 5 N–H and O–H groups in total. The maximum absolute atomic E-state index is 12.5. The zero-order chi connectivity index (χ0) is 21.9. The van der Waals surface area contributed by atoms with Gasteiger partial charge in [0.15, 0.2) is 5.65 Å². The van der Waals surface area contributed by atoms with Crippen LogP contribution in [0.25, 0.3) is 27.8 Å². The van der Waals surface area contributed by atoms with Crippen molar-refractivity contribution in [3.63, 3.8) is 0 Å². The molecule has 30 heavy (non-hydrogen) atoms. The summed E-state index contributed by atoms with van der Waals surface area (Å²) in [5.74, 6) is 0. The van der Waals surface area contributed by atoms with Gasteiger partial charge in [0.25, 0.3) is 5.56 Å². The van der Waals surface area contributed by atoms with Gasteiger partial charge in [-0.3, -0.25) is 4.79 Å². The minimum atomic E-state index is -3.78. The first-order valence-electron chi connectivity index (χ1n) is 8.57. The number of nitrogens with zero attached hydrogens (tertiary/aromatic N) is 2. The summed E-state index contributed by atoms with van der Waals surface area (Å²) in [7, 11) is -3.78. The number of nitrogens with one attached hydrogen (secondary N) is 1. The summed E-state index contributed by atoms with van der Waals surface area (Å²) in [4.78, 5) is 19.4. The second-order valence-electron chi connectivity index (χ2n) is 6.12. The van der Waals surface area contributed by atoms with E-state index in [2.05, 4.69) is 38.2 Å². The number of hydrogen-bond donors (Lipinski definition) is 3. The van der Waals surface area contributed by atoms with Crippen molar-refractivity contribution >= 4 is 37.0 Å². The molecule has 0 radical (unpaired) electrons. The highest BCUT2D eigenvalue weighted by Gasteiger charge is 2.16. The molecule has 0 fully saturated rings. The zero-order valence-electron chi connectivity index (χ0n) is 15.6. The molecule has 0 aliphatic carbocycles. The van der Waals surface area contributed by atoms with Crippen molar-refractivity contribution in [3.05, 3.63) is 88.7 Å². The smallest absolute Gasteiger partial charge is 0.260 e. The number of rotatable bonds is 3. The molecule has 2 heterocycles. The molecule has 0 atom stereocenters. The standard InChI is InChI=1S/C18H13BrN4O3S.C2H5N/c19-12-3-1-11(2-4-12)15-9-23(17-16(15)18(24)22-10-21-17)13-5-7-14(8-6-13)27(20,25)26;1-2-3/h1-10H,(H2,20,25,26)(H,21,22,24);2H,1,3H2. The normalized spacial score (nSPS) is 11.0. The van der Waals surface area contributed by atoms with E-state index in [1.165, 1.54) is 24.7 Å². The molecule has 2 aromatic carbocycles. The third-order valence-electron chi connectivity index (χ3n) is 4.19. The Balaban J connectivity index is 0.000000806. The van der Waals surface area contributed by atoms with Crippen LogP contribution in [-0.2, 0) is 10.0 Å². The van der Waals surface area contributed by atoms with Crippen LogP contribution in [0.15, 0.2) is 88.0 Å². The van der Waals surface area contributed by atoms with Crippen LogP contribution >= 0.6 is 15.9 Å². The molecule has 0 saturated heterocycles. The Bertz CT molecular complexity index is 1360. The van der Waals surface area contributed by atoms with E-state index in [1.54, 1.807) is 16.7 Å². The Morgan fingerprint density at radius 3 is 2.27 bits per heavy atom. The van der Waals surface area contributed by atoms with Gasteiger partial charge in [-0.05, 0) is 48.2 Å². The highest BCUT2D eigenvalue weighted by atomic mass is 79.9. The molecule has 0 aliphatic heterocycles. The topological polar surface area (TPSA) is 137 Å². The average Bonchev–Trinajstić information content (AvgIpc) is 3.10. The van der Waals surface area contributed by atoms with Gasteiger partial charge in [0, 0.05) is 21.9 Å². The van der Waals surface area contributed by atoms with Crippen molar-refractivity contribution in [3.8, 4) is 16.8 Å². The van der Waals surface area contributed by atoms with Crippen LogP contribution in [0.5, 0.6) is 0 Å². The van der Waals surface area contributed by atoms with Crippen LogP contribution in [0.4, 0.5) is 0 Å². The lowest BCUT2D eigenvalue weighted by atomic mass is 10.1. The number of hydrogen-bond acceptors (Lipinski definition) is 5.